The second kappa shape index (κ2) is 10.7. The number of hydrogen-bond acceptors (Lipinski definition) is 9. The smallest absolute Gasteiger partial charge is 0.414 e. The fraction of sp³-hybridized carbons (Fsp3) is 0.387. The minimum Gasteiger partial charge on any atom is -0.490 e. The van der Waals surface area contributed by atoms with Crippen molar-refractivity contribution < 1.29 is 37.7 Å². The van der Waals surface area contributed by atoms with Gasteiger partial charge in [0.1, 0.15) is 24.0 Å². The van der Waals surface area contributed by atoms with Gasteiger partial charge in [-0.05, 0) is 37.5 Å². The van der Waals surface area contributed by atoms with Crippen molar-refractivity contribution in [2.45, 2.75) is 44.0 Å². The van der Waals surface area contributed by atoms with E-state index in [1.807, 2.05) is 4.90 Å². The van der Waals surface area contributed by atoms with Gasteiger partial charge in [-0.25, -0.2) is 23.1 Å². The van der Waals surface area contributed by atoms with Crippen LogP contribution < -0.4 is 24.7 Å². The lowest BCUT2D eigenvalue weighted by atomic mass is 10.1. The van der Waals surface area contributed by atoms with Crippen LogP contribution >= 0.6 is 0 Å². The zero-order valence-corrected chi connectivity index (χ0v) is 24.3. The SMILES string of the molecule is O=C(O)c1cn(C2CC2)c2c3c(c(F)cc2c1=O)N1CC(COc2ccc(N4C[C@H](Cn5ccnn5)OC4=O)cc2F)C[C@H]1CO3. The number of aromatic carboxylic acids is 1. The molecule has 15 heteroatoms. The highest BCUT2D eigenvalue weighted by Gasteiger charge is 2.41. The molecule has 1 amide bonds. The van der Waals surface area contributed by atoms with Gasteiger partial charge in [0, 0.05) is 37.0 Å². The first-order chi connectivity index (χ1) is 22.2. The third-order valence-electron chi connectivity index (χ3n) is 9.02. The molecule has 8 rings (SSSR count). The van der Waals surface area contributed by atoms with Gasteiger partial charge in [-0.2, -0.15) is 0 Å². The van der Waals surface area contributed by atoms with Crippen molar-refractivity contribution in [1.29, 1.82) is 0 Å². The predicted octanol–water partition coefficient (Wildman–Crippen LogP) is 3.60. The molecule has 1 aliphatic carbocycles. The Labute approximate surface area is 259 Å². The van der Waals surface area contributed by atoms with Crippen molar-refractivity contribution in [3.8, 4) is 11.5 Å². The number of rotatable bonds is 8. The topological polar surface area (TPSA) is 141 Å². The van der Waals surface area contributed by atoms with Gasteiger partial charge in [0.25, 0.3) is 0 Å². The van der Waals surface area contributed by atoms with Crippen LogP contribution in [-0.2, 0) is 11.3 Å². The number of fused-ring (bicyclic) bond motifs is 5. The molecule has 4 aromatic rings. The summed E-state index contributed by atoms with van der Waals surface area (Å²) >= 11 is 0. The number of anilines is 2. The number of cyclic esters (lactones) is 1. The van der Waals surface area contributed by atoms with Crippen molar-refractivity contribution in [3.63, 3.8) is 0 Å². The number of carboxylic acid groups (broad SMARTS) is 1. The van der Waals surface area contributed by atoms with Gasteiger partial charge in [-0.15, -0.1) is 5.10 Å². The molecule has 1 N–H and O–H groups in total. The fourth-order valence-corrected chi connectivity index (χ4v) is 6.73. The van der Waals surface area contributed by atoms with E-state index >= 15 is 8.78 Å². The Morgan fingerprint density at radius 2 is 1.96 bits per heavy atom. The molecule has 238 valence electrons. The lowest BCUT2D eigenvalue weighted by Gasteiger charge is -2.34. The van der Waals surface area contributed by atoms with E-state index in [9.17, 15) is 19.5 Å². The summed E-state index contributed by atoms with van der Waals surface area (Å²) in [5.74, 6) is -2.48. The van der Waals surface area contributed by atoms with Crippen molar-refractivity contribution in [3.05, 3.63) is 70.3 Å². The van der Waals surface area contributed by atoms with Crippen LogP contribution in [0.5, 0.6) is 11.5 Å². The third kappa shape index (κ3) is 4.77. The average molecular weight is 635 g/mol. The van der Waals surface area contributed by atoms with Gasteiger partial charge in [-0.3, -0.25) is 9.69 Å². The normalized spacial score (nSPS) is 22.0. The molecule has 13 nitrogen and oxygen atoms in total. The number of ether oxygens (including phenoxy) is 3. The molecule has 1 saturated carbocycles. The highest BCUT2D eigenvalue weighted by molar-refractivity contribution is 5.97. The second-order valence-electron chi connectivity index (χ2n) is 12.1. The Bertz CT molecular complexity index is 1950. The van der Waals surface area contributed by atoms with Crippen LogP contribution in [0.25, 0.3) is 10.9 Å². The largest absolute Gasteiger partial charge is 0.490 e. The Balaban J connectivity index is 0.982. The zero-order chi connectivity index (χ0) is 31.7. The number of carbonyl (C=O) groups excluding carboxylic acids is 1. The van der Waals surface area contributed by atoms with E-state index in [0.29, 0.717) is 30.7 Å². The number of nitrogens with zero attached hydrogens (tertiary/aromatic N) is 6. The summed E-state index contributed by atoms with van der Waals surface area (Å²) in [5, 5.41) is 17.2. The van der Waals surface area contributed by atoms with Crippen molar-refractivity contribution in [2.24, 2.45) is 5.92 Å². The van der Waals surface area contributed by atoms with Gasteiger partial charge in [0.2, 0.25) is 5.43 Å². The lowest BCUT2D eigenvalue weighted by Crippen LogP contribution is -2.39. The number of halogens is 2. The molecule has 2 saturated heterocycles. The first kappa shape index (κ1) is 28.3. The second-order valence-corrected chi connectivity index (χ2v) is 12.1. The summed E-state index contributed by atoms with van der Waals surface area (Å²) in [6, 6.07) is 5.25. The Kier molecular flexibility index (Phi) is 6.58. The maximum absolute atomic E-state index is 15.7. The van der Waals surface area contributed by atoms with Crippen molar-refractivity contribution in [1.82, 2.24) is 19.6 Å². The van der Waals surface area contributed by atoms with E-state index < -0.39 is 40.8 Å². The maximum atomic E-state index is 15.7. The molecule has 5 heterocycles. The minimum atomic E-state index is -1.36. The van der Waals surface area contributed by atoms with E-state index in [4.69, 9.17) is 14.2 Å². The van der Waals surface area contributed by atoms with Gasteiger partial charge >= 0.3 is 12.1 Å². The number of benzene rings is 2. The molecule has 4 aliphatic rings. The van der Waals surface area contributed by atoms with Crippen LogP contribution in [-0.4, -0.2) is 75.2 Å². The van der Waals surface area contributed by atoms with Gasteiger partial charge in [-0.1, -0.05) is 5.21 Å². The number of hydrogen-bond donors (Lipinski definition) is 1. The highest BCUT2D eigenvalue weighted by atomic mass is 19.1. The summed E-state index contributed by atoms with van der Waals surface area (Å²) in [7, 11) is 0. The van der Waals surface area contributed by atoms with Gasteiger partial charge < -0.3 is 28.8 Å². The summed E-state index contributed by atoms with van der Waals surface area (Å²) in [4.78, 5) is 40.5. The van der Waals surface area contributed by atoms with Crippen LogP contribution in [0.2, 0.25) is 0 Å². The molecular formula is C31H28F2N6O7. The first-order valence-electron chi connectivity index (χ1n) is 15.0. The fourth-order valence-electron chi connectivity index (χ4n) is 6.73. The number of amides is 1. The molecule has 0 spiro atoms. The van der Waals surface area contributed by atoms with Crippen LogP contribution in [0, 0.1) is 17.6 Å². The molecular weight excluding hydrogens is 606 g/mol. The average Bonchev–Trinajstić information content (AvgIpc) is 3.39. The molecule has 46 heavy (non-hydrogen) atoms. The highest BCUT2D eigenvalue weighted by Crippen LogP contribution is 2.48. The Morgan fingerprint density at radius 3 is 2.70 bits per heavy atom. The van der Waals surface area contributed by atoms with Gasteiger partial charge in [0.05, 0.1) is 48.5 Å². The Morgan fingerprint density at radius 1 is 1.11 bits per heavy atom. The van der Waals surface area contributed by atoms with Crippen LogP contribution in [0.4, 0.5) is 25.0 Å². The van der Waals surface area contributed by atoms with Crippen LogP contribution in [0.3, 0.4) is 0 Å². The van der Waals surface area contributed by atoms with Crippen molar-refractivity contribution in [2.75, 3.05) is 36.1 Å². The molecule has 2 aromatic heterocycles. The van der Waals surface area contributed by atoms with Crippen molar-refractivity contribution >= 4 is 34.3 Å². The first-order valence-corrected chi connectivity index (χ1v) is 15.0. The lowest BCUT2D eigenvalue weighted by molar-refractivity contribution is 0.0694. The molecule has 3 aliphatic heterocycles. The number of aromatic nitrogens is 4. The minimum absolute atomic E-state index is 0.00951. The summed E-state index contributed by atoms with van der Waals surface area (Å²) < 4.78 is 51.5. The molecule has 0 bridgehead atoms. The monoisotopic (exact) mass is 634 g/mol. The third-order valence-corrected chi connectivity index (χ3v) is 9.02. The predicted molar refractivity (Wildman–Crippen MR) is 158 cm³/mol. The summed E-state index contributed by atoms with van der Waals surface area (Å²) in [5.41, 5.74) is -0.177. The van der Waals surface area contributed by atoms with Crippen LogP contribution in [0.1, 0.15) is 35.7 Å². The van der Waals surface area contributed by atoms with E-state index in [0.717, 1.165) is 18.9 Å². The van der Waals surface area contributed by atoms with E-state index in [-0.39, 0.29) is 60.3 Å². The number of carboxylic acids is 1. The number of pyridine rings is 1. The zero-order valence-electron chi connectivity index (χ0n) is 24.3. The summed E-state index contributed by atoms with van der Waals surface area (Å²) in [6.07, 6.45) is 5.72. The molecule has 1 unspecified atom stereocenters. The molecule has 3 fully saturated rings. The maximum Gasteiger partial charge on any atom is 0.414 e. The van der Waals surface area contributed by atoms with Gasteiger partial charge in [0.15, 0.2) is 23.1 Å². The van der Waals surface area contributed by atoms with E-state index in [1.54, 1.807) is 21.5 Å². The van der Waals surface area contributed by atoms with E-state index in [1.165, 1.54) is 29.4 Å². The quantitative estimate of drug-likeness (QED) is 0.306. The molecule has 3 atom stereocenters. The molecule has 2 aromatic carbocycles. The Hall–Kier alpha value is -5.21. The standard InChI is InChI=1S/C31H28F2N6O7/c32-23-8-18(39-12-20(46-31(39)43)11-36-6-5-34-35-36)3-4-25(23)44-14-16-7-19-15-45-29-26-21(9-24(33)27(29)37(19)10-16)28(40)22(30(41)42)13-38(26)17-1-2-17/h3-6,8-9,13,16-17,19-20H,1-2,7,10-12,14-15H2,(H,41,42)/t16?,19-,20-/m0/s1. The van der Waals surface area contributed by atoms with E-state index in [2.05, 4.69) is 10.3 Å². The molecule has 0 radical (unpaired) electrons. The number of carbonyl (C=O) groups is 2. The summed E-state index contributed by atoms with van der Waals surface area (Å²) in [6.45, 7) is 1.37. The van der Waals surface area contributed by atoms with Crippen LogP contribution in [0.15, 0.2) is 47.7 Å².